The Labute approximate surface area is 233 Å². The molecule has 0 bridgehead atoms. The van der Waals surface area contributed by atoms with Crippen LogP contribution < -0.4 is 0 Å². The Morgan fingerprint density at radius 3 is 2.00 bits per heavy atom. The van der Waals surface area contributed by atoms with E-state index in [9.17, 15) is 10.2 Å². The number of aromatic nitrogens is 4. The molecule has 1 aliphatic rings. The van der Waals surface area contributed by atoms with Crippen LogP contribution in [0.4, 0.5) is 11.8 Å². The predicted octanol–water partition coefficient (Wildman–Crippen LogP) is 4.59. The molecule has 39 heavy (non-hydrogen) atoms. The highest BCUT2D eigenvalue weighted by atomic mass is 16.5. The molecule has 0 aromatic carbocycles. The first-order chi connectivity index (χ1) is 19.0. The van der Waals surface area contributed by atoms with Gasteiger partial charge in [0.1, 0.15) is 6.10 Å². The minimum absolute atomic E-state index is 0.256. The van der Waals surface area contributed by atoms with Crippen LogP contribution in [0.2, 0.25) is 0 Å². The highest BCUT2D eigenvalue weighted by Crippen LogP contribution is 2.33. The van der Waals surface area contributed by atoms with Gasteiger partial charge < -0.3 is 24.7 Å². The van der Waals surface area contributed by atoms with Crippen LogP contribution in [-0.2, 0) is 4.74 Å². The average molecular weight is 545 g/mol. The van der Waals surface area contributed by atoms with Gasteiger partial charge in [0.15, 0.2) is 17.7 Å². The van der Waals surface area contributed by atoms with Gasteiger partial charge in [0.25, 0.3) is 5.95 Å². The van der Waals surface area contributed by atoms with Crippen LogP contribution in [0, 0.1) is 0 Å². The Hall–Kier alpha value is -2.63. The van der Waals surface area contributed by atoms with Gasteiger partial charge in [0, 0.05) is 32.6 Å². The van der Waals surface area contributed by atoms with Crippen molar-refractivity contribution < 1.29 is 14.9 Å². The van der Waals surface area contributed by atoms with Crippen molar-refractivity contribution in [2.75, 3.05) is 32.8 Å². The zero-order valence-electron chi connectivity index (χ0n) is 24.2. The van der Waals surface area contributed by atoms with Crippen molar-refractivity contribution in [3.63, 3.8) is 0 Å². The third kappa shape index (κ3) is 8.94. The van der Waals surface area contributed by atoms with Crippen molar-refractivity contribution in [3.05, 3.63) is 6.20 Å². The zero-order chi connectivity index (χ0) is 28.0. The molecule has 3 atom stereocenters. The van der Waals surface area contributed by atoms with Crippen molar-refractivity contribution in [2.45, 2.75) is 104 Å². The summed E-state index contributed by atoms with van der Waals surface area (Å²) in [5, 5.41) is 25.1. The number of ether oxygens (including phenoxy) is 1. The fourth-order valence-electron chi connectivity index (χ4n) is 4.46. The molecule has 11 nitrogen and oxygen atoms in total. The molecule has 0 aliphatic carbocycles. The molecule has 1 aliphatic heterocycles. The molecule has 0 unspecified atom stereocenters. The maximum Gasteiger partial charge on any atom is 0.254 e. The van der Waals surface area contributed by atoms with E-state index in [0.717, 1.165) is 77.5 Å². The van der Waals surface area contributed by atoms with Gasteiger partial charge in [-0.25, -0.2) is 14.7 Å². The van der Waals surface area contributed by atoms with Crippen molar-refractivity contribution in [2.24, 2.45) is 9.98 Å². The summed E-state index contributed by atoms with van der Waals surface area (Å²) in [6.07, 6.45) is 12.6. The summed E-state index contributed by atoms with van der Waals surface area (Å²) in [6, 6.07) is 0. The van der Waals surface area contributed by atoms with Crippen molar-refractivity contribution in [1.29, 1.82) is 0 Å². The second-order valence-corrected chi connectivity index (χ2v) is 10.3. The fraction of sp³-hybridized carbons (Fsp3) is 0.750. The van der Waals surface area contributed by atoms with Gasteiger partial charge in [-0.15, -0.1) is 0 Å². The molecule has 3 rings (SSSR count). The SMILES string of the molecule is CCCCN(C=Nc1nc(N=CN(CCCC)CCCC)c2cnn([C@@H]3C[C@H](O)[C@@H](CO)O3)c2n1)CCCC. The monoisotopic (exact) mass is 544 g/mol. The van der Waals surface area contributed by atoms with E-state index in [2.05, 4.69) is 47.6 Å². The minimum Gasteiger partial charge on any atom is -0.394 e. The van der Waals surface area contributed by atoms with Gasteiger partial charge in [-0.3, -0.25) is 0 Å². The lowest BCUT2D eigenvalue weighted by Crippen LogP contribution is -2.24. The normalized spacial score (nSPS) is 19.7. The Morgan fingerprint density at radius 2 is 1.49 bits per heavy atom. The van der Waals surface area contributed by atoms with Crippen LogP contribution in [0.3, 0.4) is 0 Å². The van der Waals surface area contributed by atoms with Gasteiger partial charge in [0.05, 0.1) is 37.0 Å². The highest BCUT2D eigenvalue weighted by Gasteiger charge is 2.36. The zero-order valence-corrected chi connectivity index (χ0v) is 24.2. The summed E-state index contributed by atoms with van der Waals surface area (Å²) in [7, 11) is 0. The molecule has 11 heteroatoms. The van der Waals surface area contributed by atoms with Gasteiger partial charge in [0.2, 0.25) is 0 Å². The predicted molar refractivity (Wildman–Crippen MR) is 156 cm³/mol. The topological polar surface area (TPSA) is 124 Å². The van der Waals surface area contributed by atoms with Crippen LogP contribution >= 0.6 is 0 Å². The van der Waals surface area contributed by atoms with E-state index in [0.29, 0.717) is 29.2 Å². The van der Waals surface area contributed by atoms with Gasteiger partial charge in [-0.2, -0.15) is 15.1 Å². The first-order valence-corrected chi connectivity index (χ1v) is 14.8. The quantitative estimate of drug-likeness (QED) is 0.206. The molecule has 2 aromatic heterocycles. The maximum absolute atomic E-state index is 10.3. The summed E-state index contributed by atoms with van der Waals surface area (Å²) >= 11 is 0. The van der Waals surface area contributed by atoms with Crippen LogP contribution in [0.1, 0.15) is 91.7 Å². The lowest BCUT2D eigenvalue weighted by atomic mass is 10.2. The number of aliphatic hydroxyl groups is 2. The standard InChI is InChI=1S/C28H48N8O3/c1-5-9-13-34(14-10-6-2)20-29-26-22-18-31-36(25-17-23(38)24(19-37)39-25)27(22)33-28(32-26)30-21-35(15-11-7-3)16-12-8-4/h18,20-21,23-25,37-38H,5-17,19H2,1-4H3/t23-,24+,25-/m0/s1. The van der Waals surface area contributed by atoms with Crippen molar-refractivity contribution >= 4 is 35.5 Å². The van der Waals surface area contributed by atoms with E-state index < -0.39 is 18.4 Å². The molecule has 0 radical (unpaired) electrons. The number of hydrogen-bond donors (Lipinski definition) is 2. The summed E-state index contributed by atoms with van der Waals surface area (Å²) in [6.45, 7) is 12.3. The molecular formula is C28H48N8O3. The van der Waals surface area contributed by atoms with E-state index in [1.54, 1.807) is 10.9 Å². The first-order valence-electron chi connectivity index (χ1n) is 14.8. The molecule has 0 saturated carbocycles. The van der Waals surface area contributed by atoms with E-state index in [4.69, 9.17) is 19.7 Å². The van der Waals surface area contributed by atoms with Crippen LogP contribution in [0.25, 0.3) is 11.0 Å². The average Bonchev–Trinajstić information content (AvgIpc) is 3.54. The summed E-state index contributed by atoms with van der Waals surface area (Å²) in [5.74, 6) is 0.808. The third-order valence-corrected chi connectivity index (χ3v) is 6.95. The second-order valence-electron chi connectivity index (χ2n) is 10.3. The number of unbranched alkanes of at least 4 members (excludes halogenated alkanes) is 4. The van der Waals surface area contributed by atoms with Gasteiger partial charge in [-0.1, -0.05) is 53.4 Å². The molecule has 1 saturated heterocycles. The molecule has 1 fully saturated rings. The van der Waals surface area contributed by atoms with E-state index in [-0.39, 0.29) is 6.61 Å². The van der Waals surface area contributed by atoms with Crippen molar-refractivity contribution in [1.82, 2.24) is 29.5 Å². The number of fused-ring (bicyclic) bond motifs is 1. The first kappa shape index (κ1) is 30.9. The Kier molecular flexibility index (Phi) is 13.1. The molecule has 0 amide bonds. The molecule has 0 spiro atoms. The van der Waals surface area contributed by atoms with Crippen LogP contribution in [0.15, 0.2) is 16.2 Å². The number of aliphatic hydroxyl groups excluding tert-OH is 2. The Balaban J connectivity index is 1.98. The summed E-state index contributed by atoms with van der Waals surface area (Å²) < 4.78 is 7.52. The maximum atomic E-state index is 10.3. The minimum atomic E-state index is -0.771. The third-order valence-electron chi connectivity index (χ3n) is 6.95. The van der Waals surface area contributed by atoms with Crippen LogP contribution in [-0.4, -0.2) is 97.4 Å². The van der Waals surface area contributed by atoms with E-state index in [1.165, 1.54) is 0 Å². The number of nitrogens with zero attached hydrogens (tertiary/aromatic N) is 8. The van der Waals surface area contributed by atoms with Gasteiger partial charge in [-0.05, 0) is 25.7 Å². The van der Waals surface area contributed by atoms with E-state index >= 15 is 0 Å². The summed E-state index contributed by atoms with van der Waals surface area (Å²) in [5.41, 5.74) is 0.544. The van der Waals surface area contributed by atoms with E-state index in [1.807, 2.05) is 12.7 Å². The molecular weight excluding hydrogens is 496 g/mol. The lowest BCUT2D eigenvalue weighted by molar-refractivity contribution is -0.0470. The fourth-order valence-corrected chi connectivity index (χ4v) is 4.46. The Morgan fingerprint density at radius 1 is 0.923 bits per heavy atom. The number of rotatable bonds is 18. The van der Waals surface area contributed by atoms with Crippen molar-refractivity contribution in [3.8, 4) is 0 Å². The lowest BCUT2D eigenvalue weighted by Gasteiger charge is -2.19. The van der Waals surface area contributed by atoms with Gasteiger partial charge >= 0.3 is 0 Å². The number of aliphatic imine (C=N–C) groups is 2. The molecule has 2 aromatic rings. The molecule has 3 heterocycles. The largest absolute Gasteiger partial charge is 0.394 e. The Bertz CT molecular complexity index is 1030. The molecule has 2 N–H and O–H groups in total. The second kappa shape index (κ2) is 16.5. The number of hydrogen-bond acceptors (Lipinski definition) is 8. The van der Waals surface area contributed by atoms with Crippen LogP contribution in [0.5, 0.6) is 0 Å². The summed E-state index contributed by atoms with van der Waals surface area (Å²) in [4.78, 5) is 23.4. The highest BCUT2D eigenvalue weighted by molar-refractivity contribution is 5.87. The molecule has 218 valence electrons. The smallest absolute Gasteiger partial charge is 0.254 e.